The molecule has 0 unspecified atom stereocenters. The van der Waals surface area contributed by atoms with E-state index in [1.165, 1.54) is 0 Å². The molecule has 7 heteroatoms. The van der Waals surface area contributed by atoms with Gasteiger partial charge in [0.25, 0.3) is 5.91 Å². The van der Waals surface area contributed by atoms with Crippen molar-refractivity contribution in [3.63, 3.8) is 0 Å². The van der Waals surface area contributed by atoms with Crippen LogP contribution in [0, 0.1) is 0 Å². The van der Waals surface area contributed by atoms with Gasteiger partial charge in [0.2, 0.25) is 11.8 Å². The quantitative estimate of drug-likeness (QED) is 0.836. The molecule has 1 atom stereocenters. The molecule has 6 nitrogen and oxygen atoms in total. The molecule has 1 saturated heterocycles. The van der Waals surface area contributed by atoms with Gasteiger partial charge >= 0.3 is 0 Å². The zero-order valence-electron chi connectivity index (χ0n) is 14.5. The standard InChI is InChI=1S/C18H23N3O3S/c1-11(2)25-10-17(23)19-14-5-6-21(9-14)18(24)12-3-4-15-13(7-12)8-16(22)20-15/h3-4,7,11,14H,5-6,8-10H2,1-2H3,(H,19,23)(H,20,22)/t14-/m1/s1. The van der Waals surface area contributed by atoms with E-state index < -0.39 is 0 Å². The molecule has 2 aliphatic heterocycles. The number of benzene rings is 1. The van der Waals surface area contributed by atoms with Crippen LogP contribution in [0.5, 0.6) is 0 Å². The Morgan fingerprint density at radius 2 is 2.20 bits per heavy atom. The van der Waals surface area contributed by atoms with Crippen molar-refractivity contribution in [1.82, 2.24) is 10.2 Å². The highest BCUT2D eigenvalue weighted by molar-refractivity contribution is 8.00. The fraction of sp³-hybridized carbons (Fsp3) is 0.500. The molecule has 1 fully saturated rings. The summed E-state index contributed by atoms with van der Waals surface area (Å²) in [5, 5.41) is 6.20. The van der Waals surface area contributed by atoms with Crippen LogP contribution in [-0.4, -0.2) is 52.8 Å². The van der Waals surface area contributed by atoms with Gasteiger partial charge in [0, 0.05) is 30.4 Å². The number of nitrogens with zero attached hydrogens (tertiary/aromatic N) is 1. The number of nitrogens with one attached hydrogen (secondary N) is 2. The number of thioether (sulfide) groups is 1. The Kier molecular flexibility index (Phi) is 5.32. The first kappa shape index (κ1) is 17.8. The molecular formula is C18H23N3O3S. The van der Waals surface area contributed by atoms with Gasteiger partial charge in [-0.25, -0.2) is 0 Å². The number of hydrogen-bond acceptors (Lipinski definition) is 4. The number of rotatable bonds is 5. The van der Waals surface area contributed by atoms with Gasteiger partial charge in [0.15, 0.2) is 0 Å². The van der Waals surface area contributed by atoms with Gasteiger partial charge in [0.1, 0.15) is 0 Å². The molecule has 0 bridgehead atoms. The van der Waals surface area contributed by atoms with Crippen LogP contribution in [-0.2, 0) is 16.0 Å². The van der Waals surface area contributed by atoms with Gasteiger partial charge < -0.3 is 15.5 Å². The SMILES string of the molecule is CC(C)SCC(=O)N[C@@H]1CCN(C(=O)c2ccc3c(c2)CC(=O)N3)C1. The largest absolute Gasteiger partial charge is 0.351 e. The lowest BCUT2D eigenvalue weighted by Gasteiger charge is -2.18. The van der Waals surface area contributed by atoms with Gasteiger partial charge in [-0.3, -0.25) is 14.4 Å². The van der Waals surface area contributed by atoms with Crippen LogP contribution in [0.4, 0.5) is 5.69 Å². The summed E-state index contributed by atoms with van der Waals surface area (Å²) in [7, 11) is 0. The van der Waals surface area contributed by atoms with E-state index in [0.29, 0.717) is 36.1 Å². The van der Waals surface area contributed by atoms with Crippen LogP contribution >= 0.6 is 11.8 Å². The minimum atomic E-state index is -0.0459. The molecule has 25 heavy (non-hydrogen) atoms. The van der Waals surface area contributed by atoms with E-state index in [1.54, 1.807) is 34.9 Å². The van der Waals surface area contributed by atoms with Gasteiger partial charge in [0.05, 0.1) is 12.2 Å². The van der Waals surface area contributed by atoms with E-state index in [-0.39, 0.29) is 23.8 Å². The number of amides is 3. The summed E-state index contributed by atoms with van der Waals surface area (Å²) >= 11 is 1.61. The molecule has 1 aromatic carbocycles. The normalized spacial score (nSPS) is 19.1. The lowest BCUT2D eigenvalue weighted by Crippen LogP contribution is -2.39. The minimum Gasteiger partial charge on any atom is -0.351 e. The molecule has 134 valence electrons. The highest BCUT2D eigenvalue weighted by Gasteiger charge is 2.29. The van der Waals surface area contributed by atoms with E-state index in [2.05, 4.69) is 24.5 Å². The Hall–Kier alpha value is -2.02. The molecule has 2 N–H and O–H groups in total. The summed E-state index contributed by atoms with van der Waals surface area (Å²) in [4.78, 5) is 37.8. The average Bonchev–Trinajstić information content (AvgIpc) is 3.16. The molecule has 0 radical (unpaired) electrons. The number of anilines is 1. The molecule has 2 aliphatic rings. The van der Waals surface area contributed by atoms with Crippen LogP contribution in [0.3, 0.4) is 0 Å². The minimum absolute atomic E-state index is 0.0156. The highest BCUT2D eigenvalue weighted by atomic mass is 32.2. The molecule has 0 spiro atoms. The predicted molar refractivity (Wildman–Crippen MR) is 98.8 cm³/mol. The fourth-order valence-corrected chi connectivity index (χ4v) is 3.69. The molecule has 3 amide bonds. The maximum atomic E-state index is 12.7. The molecule has 0 aromatic heterocycles. The molecule has 2 heterocycles. The molecular weight excluding hydrogens is 338 g/mol. The molecule has 1 aromatic rings. The number of hydrogen-bond donors (Lipinski definition) is 2. The first-order valence-electron chi connectivity index (χ1n) is 8.55. The Balaban J connectivity index is 1.55. The van der Waals surface area contributed by atoms with Gasteiger partial charge in [-0.1, -0.05) is 13.8 Å². The average molecular weight is 361 g/mol. The summed E-state index contributed by atoms with van der Waals surface area (Å²) in [5.41, 5.74) is 2.25. The summed E-state index contributed by atoms with van der Waals surface area (Å²) < 4.78 is 0. The van der Waals surface area contributed by atoms with Crippen molar-refractivity contribution >= 4 is 35.2 Å². The number of likely N-dealkylation sites (tertiary alicyclic amines) is 1. The third-order valence-corrected chi connectivity index (χ3v) is 5.46. The van der Waals surface area contributed by atoms with Crippen molar-refractivity contribution < 1.29 is 14.4 Å². The second-order valence-electron chi connectivity index (χ2n) is 6.76. The maximum Gasteiger partial charge on any atom is 0.253 e. The number of carbonyl (C=O) groups excluding carboxylic acids is 3. The van der Waals surface area contributed by atoms with Crippen molar-refractivity contribution in [1.29, 1.82) is 0 Å². The zero-order valence-corrected chi connectivity index (χ0v) is 15.3. The fourth-order valence-electron chi connectivity index (χ4n) is 3.12. The lowest BCUT2D eigenvalue weighted by atomic mass is 10.1. The van der Waals surface area contributed by atoms with Gasteiger partial charge in [-0.2, -0.15) is 0 Å². The van der Waals surface area contributed by atoms with Crippen LogP contribution in [0.1, 0.15) is 36.2 Å². The summed E-state index contributed by atoms with van der Waals surface area (Å²) in [6.45, 7) is 5.29. The predicted octanol–water partition coefficient (Wildman–Crippen LogP) is 1.65. The monoisotopic (exact) mass is 361 g/mol. The first-order chi connectivity index (χ1) is 11.9. The van der Waals surface area contributed by atoms with Crippen LogP contribution in [0.2, 0.25) is 0 Å². The van der Waals surface area contributed by atoms with Crippen molar-refractivity contribution in [2.45, 2.75) is 38.0 Å². The summed E-state index contributed by atoms with van der Waals surface area (Å²) in [5.74, 6) is 0.395. The third kappa shape index (κ3) is 4.34. The van der Waals surface area contributed by atoms with Gasteiger partial charge in [-0.05, 0) is 35.4 Å². The topological polar surface area (TPSA) is 78.5 Å². The van der Waals surface area contributed by atoms with E-state index >= 15 is 0 Å². The third-order valence-electron chi connectivity index (χ3n) is 4.37. The lowest BCUT2D eigenvalue weighted by molar-refractivity contribution is -0.119. The van der Waals surface area contributed by atoms with E-state index in [4.69, 9.17) is 0 Å². The summed E-state index contributed by atoms with van der Waals surface area (Å²) in [6.07, 6.45) is 1.09. The second kappa shape index (κ2) is 7.47. The maximum absolute atomic E-state index is 12.7. The van der Waals surface area contributed by atoms with Crippen molar-refractivity contribution in [3.8, 4) is 0 Å². The molecule has 0 aliphatic carbocycles. The summed E-state index contributed by atoms with van der Waals surface area (Å²) in [6, 6.07) is 5.34. The van der Waals surface area contributed by atoms with Crippen LogP contribution in [0.15, 0.2) is 18.2 Å². The molecule has 0 saturated carbocycles. The van der Waals surface area contributed by atoms with Crippen LogP contribution < -0.4 is 10.6 Å². The van der Waals surface area contributed by atoms with E-state index in [9.17, 15) is 14.4 Å². The number of fused-ring (bicyclic) bond motifs is 1. The van der Waals surface area contributed by atoms with Crippen molar-refractivity contribution in [3.05, 3.63) is 29.3 Å². The highest BCUT2D eigenvalue weighted by Crippen LogP contribution is 2.25. The molecule has 3 rings (SSSR count). The zero-order chi connectivity index (χ0) is 18.0. The van der Waals surface area contributed by atoms with Crippen molar-refractivity contribution in [2.24, 2.45) is 0 Å². The Bertz CT molecular complexity index is 705. The second-order valence-corrected chi connectivity index (χ2v) is 8.33. The van der Waals surface area contributed by atoms with Crippen molar-refractivity contribution in [2.75, 3.05) is 24.2 Å². The number of carbonyl (C=O) groups is 3. The van der Waals surface area contributed by atoms with Gasteiger partial charge in [-0.15, -0.1) is 11.8 Å². The Morgan fingerprint density at radius 3 is 2.96 bits per heavy atom. The first-order valence-corrected chi connectivity index (χ1v) is 9.60. The van der Waals surface area contributed by atoms with Crippen LogP contribution in [0.25, 0.3) is 0 Å². The Morgan fingerprint density at radius 1 is 1.40 bits per heavy atom. The van der Waals surface area contributed by atoms with E-state index in [1.807, 2.05) is 0 Å². The van der Waals surface area contributed by atoms with E-state index in [0.717, 1.165) is 17.7 Å². The Labute approximate surface area is 151 Å². The smallest absolute Gasteiger partial charge is 0.253 e.